The van der Waals surface area contributed by atoms with Gasteiger partial charge in [-0.3, -0.25) is 9.59 Å². The maximum atomic E-state index is 12.8. The molecule has 7 heteroatoms. The van der Waals surface area contributed by atoms with E-state index in [9.17, 15) is 14.0 Å². The number of esters is 1. The second-order valence-corrected chi connectivity index (χ2v) is 5.46. The zero-order valence-electron chi connectivity index (χ0n) is 11.8. The van der Waals surface area contributed by atoms with Crippen molar-refractivity contribution in [3.05, 3.63) is 63.9 Å². The predicted octanol–water partition coefficient (Wildman–Crippen LogP) is 3.86. The summed E-state index contributed by atoms with van der Waals surface area (Å²) in [5.41, 5.74) is 1.04. The summed E-state index contributed by atoms with van der Waals surface area (Å²) in [6.45, 7) is -0.430. The second kappa shape index (κ2) is 7.94. The highest BCUT2D eigenvalue weighted by Crippen LogP contribution is 2.24. The van der Waals surface area contributed by atoms with Gasteiger partial charge < -0.3 is 10.1 Å². The summed E-state index contributed by atoms with van der Waals surface area (Å²) in [5.74, 6) is -1.47. The Morgan fingerprint density at radius 3 is 2.39 bits per heavy atom. The van der Waals surface area contributed by atoms with E-state index >= 15 is 0 Å². The standard InChI is InChI=1S/C16H12Cl2FNO3/c17-13-6-5-12(8-14(13)18)20-15(21)9-23-16(22)7-10-1-3-11(19)4-2-10/h1-6,8H,7,9H2,(H,20,21). The Kier molecular flexibility index (Phi) is 5.96. The molecule has 2 aromatic carbocycles. The van der Waals surface area contributed by atoms with Gasteiger partial charge in [0.2, 0.25) is 0 Å². The van der Waals surface area contributed by atoms with E-state index in [-0.39, 0.29) is 12.2 Å². The third-order valence-electron chi connectivity index (χ3n) is 2.83. The molecule has 0 saturated heterocycles. The van der Waals surface area contributed by atoms with Crippen molar-refractivity contribution < 1.29 is 18.7 Å². The van der Waals surface area contributed by atoms with Crippen LogP contribution in [0.1, 0.15) is 5.56 Å². The molecule has 0 aliphatic rings. The van der Waals surface area contributed by atoms with E-state index < -0.39 is 18.5 Å². The number of carbonyl (C=O) groups is 2. The highest BCUT2D eigenvalue weighted by Gasteiger charge is 2.10. The number of rotatable bonds is 5. The van der Waals surface area contributed by atoms with Crippen LogP contribution in [0.2, 0.25) is 10.0 Å². The van der Waals surface area contributed by atoms with Crippen LogP contribution in [0.4, 0.5) is 10.1 Å². The van der Waals surface area contributed by atoms with Gasteiger partial charge in [0.1, 0.15) is 5.82 Å². The highest BCUT2D eigenvalue weighted by molar-refractivity contribution is 6.42. The van der Waals surface area contributed by atoms with Crippen LogP contribution in [-0.2, 0) is 20.7 Å². The van der Waals surface area contributed by atoms with E-state index in [1.807, 2.05) is 0 Å². The molecule has 0 spiro atoms. The minimum atomic E-state index is -0.583. The van der Waals surface area contributed by atoms with E-state index in [1.54, 1.807) is 12.1 Å². The molecule has 0 bridgehead atoms. The molecule has 0 unspecified atom stereocenters. The van der Waals surface area contributed by atoms with Gasteiger partial charge >= 0.3 is 5.97 Å². The molecule has 1 N–H and O–H groups in total. The van der Waals surface area contributed by atoms with Crippen LogP contribution in [0.15, 0.2) is 42.5 Å². The summed E-state index contributed by atoms with van der Waals surface area (Å²) < 4.78 is 17.6. The SMILES string of the molecule is O=C(COC(=O)Cc1ccc(F)cc1)Nc1ccc(Cl)c(Cl)c1. The van der Waals surface area contributed by atoms with Crippen molar-refractivity contribution in [3.8, 4) is 0 Å². The smallest absolute Gasteiger partial charge is 0.310 e. The lowest BCUT2D eigenvalue weighted by Crippen LogP contribution is -2.21. The van der Waals surface area contributed by atoms with Crippen LogP contribution in [0, 0.1) is 5.82 Å². The third kappa shape index (κ3) is 5.54. The first kappa shape index (κ1) is 17.2. The Morgan fingerprint density at radius 2 is 1.74 bits per heavy atom. The van der Waals surface area contributed by atoms with E-state index in [0.29, 0.717) is 21.3 Å². The van der Waals surface area contributed by atoms with E-state index in [4.69, 9.17) is 27.9 Å². The van der Waals surface area contributed by atoms with Crippen molar-refractivity contribution in [2.75, 3.05) is 11.9 Å². The summed E-state index contributed by atoms with van der Waals surface area (Å²) in [4.78, 5) is 23.3. The normalized spacial score (nSPS) is 10.2. The fourth-order valence-corrected chi connectivity index (χ4v) is 2.04. The number of anilines is 1. The molecule has 0 radical (unpaired) electrons. The zero-order chi connectivity index (χ0) is 16.8. The van der Waals surface area contributed by atoms with Gasteiger partial charge in [0, 0.05) is 5.69 Å². The van der Waals surface area contributed by atoms with Crippen molar-refractivity contribution in [2.24, 2.45) is 0 Å². The molecule has 23 heavy (non-hydrogen) atoms. The number of benzene rings is 2. The van der Waals surface area contributed by atoms with Gasteiger partial charge in [-0.15, -0.1) is 0 Å². The Morgan fingerprint density at radius 1 is 1.04 bits per heavy atom. The average molecular weight is 356 g/mol. The Labute approximate surface area is 142 Å². The van der Waals surface area contributed by atoms with Gasteiger partial charge in [0.15, 0.2) is 6.61 Å². The van der Waals surface area contributed by atoms with Crippen LogP contribution >= 0.6 is 23.2 Å². The minimum Gasteiger partial charge on any atom is -0.455 e. The molecule has 2 rings (SSSR count). The molecule has 0 saturated carbocycles. The lowest BCUT2D eigenvalue weighted by atomic mass is 10.1. The number of hydrogen-bond acceptors (Lipinski definition) is 3. The van der Waals surface area contributed by atoms with Gasteiger partial charge in [-0.05, 0) is 35.9 Å². The van der Waals surface area contributed by atoms with Crippen molar-refractivity contribution in [3.63, 3.8) is 0 Å². The van der Waals surface area contributed by atoms with Crippen molar-refractivity contribution >= 4 is 40.8 Å². The molecule has 1 amide bonds. The first-order valence-corrected chi connectivity index (χ1v) is 7.34. The number of nitrogens with one attached hydrogen (secondary N) is 1. The van der Waals surface area contributed by atoms with E-state index in [2.05, 4.69) is 5.32 Å². The fraction of sp³-hybridized carbons (Fsp3) is 0.125. The zero-order valence-corrected chi connectivity index (χ0v) is 13.3. The lowest BCUT2D eigenvalue weighted by Gasteiger charge is -2.07. The highest BCUT2D eigenvalue weighted by atomic mass is 35.5. The maximum Gasteiger partial charge on any atom is 0.310 e. The molecular formula is C16H12Cl2FNO3. The van der Waals surface area contributed by atoms with Crippen LogP contribution < -0.4 is 5.32 Å². The Hall–Kier alpha value is -2.11. The summed E-state index contributed by atoms with van der Waals surface area (Å²) in [6.07, 6.45) is -0.0413. The van der Waals surface area contributed by atoms with E-state index in [1.165, 1.54) is 30.3 Å². The minimum absolute atomic E-state index is 0.0413. The predicted molar refractivity (Wildman–Crippen MR) is 86.2 cm³/mol. The Balaban J connectivity index is 1.80. The summed E-state index contributed by atoms with van der Waals surface area (Å²) in [5, 5.41) is 3.20. The van der Waals surface area contributed by atoms with Gasteiger partial charge in [-0.2, -0.15) is 0 Å². The first-order valence-electron chi connectivity index (χ1n) is 6.59. The van der Waals surface area contributed by atoms with Gasteiger partial charge in [-0.25, -0.2) is 4.39 Å². The molecule has 0 fully saturated rings. The Bertz CT molecular complexity index is 720. The summed E-state index contributed by atoms with van der Waals surface area (Å²) in [7, 11) is 0. The number of halogens is 3. The molecule has 2 aromatic rings. The summed E-state index contributed by atoms with van der Waals surface area (Å²) >= 11 is 11.6. The van der Waals surface area contributed by atoms with Gasteiger partial charge in [0.25, 0.3) is 5.91 Å². The van der Waals surface area contributed by atoms with Gasteiger partial charge in [-0.1, -0.05) is 35.3 Å². The number of hydrogen-bond donors (Lipinski definition) is 1. The van der Waals surface area contributed by atoms with Gasteiger partial charge in [0.05, 0.1) is 16.5 Å². The number of ether oxygens (including phenoxy) is 1. The van der Waals surface area contributed by atoms with Crippen LogP contribution in [0.3, 0.4) is 0 Å². The number of carbonyl (C=O) groups excluding carboxylic acids is 2. The van der Waals surface area contributed by atoms with Crippen LogP contribution in [-0.4, -0.2) is 18.5 Å². The maximum absolute atomic E-state index is 12.8. The van der Waals surface area contributed by atoms with Crippen molar-refractivity contribution in [1.29, 1.82) is 0 Å². The molecular weight excluding hydrogens is 344 g/mol. The summed E-state index contributed by atoms with van der Waals surface area (Å²) in [6, 6.07) is 10.1. The molecule has 0 atom stereocenters. The molecule has 4 nitrogen and oxygen atoms in total. The molecule has 0 aliphatic heterocycles. The average Bonchev–Trinajstić information content (AvgIpc) is 2.51. The van der Waals surface area contributed by atoms with Crippen molar-refractivity contribution in [1.82, 2.24) is 0 Å². The topological polar surface area (TPSA) is 55.4 Å². The quantitative estimate of drug-likeness (QED) is 0.828. The van der Waals surface area contributed by atoms with Crippen LogP contribution in [0.5, 0.6) is 0 Å². The molecule has 120 valence electrons. The van der Waals surface area contributed by atoms with Crippen LogP contribution in [0.25, 0.3) is 0 Å². The van der Waals surface area contributed by atoms with E-state index in [0.717, 1.165) is 0 Å². The monoisotopic (exact) mass is 355 g/mol. The molecule has 0 aliphatic carbocycles. The second-order valence-electron chi connectivity index (χ2n) is 4.64. The third-order valence-corrected chi connectivity index (χ3v) is 3.57. The number of amides is 1. The molecule has 0 aromatic heterocycles. The largest absolute Gasteiger partial charge is 0.455 e. The fourth-order valence-electron chi connectivity index (χ4n) is 1.74. The van der Waals surface area contributed by atoms with Crippen molar-refractivity contribution in [2.45, 2.75) is 6.42 Å². The first-order chi connectivity index (χ1) is 10.9. The molecule has 0 heterocycles. The lowest BCUT2D eigenvalue weighted by molar-refractivity contribution is -0.146.